The van der Waals surface area contributed by atoms with Crippen LogP contribution in [0.3, 0.4) is 0 Å². The third-order valence-corrected chi connectivity index (χ3v) is 6.87. The van der Waals surface area contributed by atoms with Crippen molar-refractivity contribution in [3.63, 3.8) is 0 Å². The lowest BCUT2D eigenvalue weighted by Gasteiger charge is -2.16. The van der Waals surface area contributed by atoms with E-state index >= 15 is 0 Å². The summed E-state index contributed by atoms with van der Waals surface area (Å²) >= 11 is 3.43. The van der Waals surface area contributed by atoms with Gasteiger partial charge in [-0.2, -0.15) is 0 Å². The van der Waals surface area contributed by atoms with Crippen molar-refractivity contribution in [3.05, 3.63) is 95.0 Å². The molecule has 0 unspecified atom stereocenters. The lowest BCUT2D eigenvalue weighted by molar-refractivity contribution is 0.588. The molecular formula is C20H17BrNOP. The molecule has 2 nitrogen and oxygen atoms in total. The molecule has 0 atom stereocenters. The van der Waals surface area contributed by atoms with Crippen LogP contribution in [0.5, 0.6) is 0 Å². The van der Waals surface area contributed by atoms with Gasteiger partial charge in [0.15, 0.2) is 0 Å². The highest BCUT2D eigenvalue weighted by Gasteiger charge is 2.26. The fourth-order valence-corrected chi connectivity index (χ4v) is 4.97. The predicted molar refractivity (Wildman–Crippen MR) is 106 cm³/mol. The maximum atomic E-state index is 13.9. The fourth-order valence-electron chi connectivity index (χ4n) is 2.48. The normalized spacial score (nSPS) is 12.2. The summed E-state index contributed by atoms with van der Waals surface area (Å²) < 4.78 is 19.6. The van der Waals surface area contributed by atoms with Gasteiger partial charge in [0.05, 0.1) is 0 Å². The standard InChI is InChI=1S/C20H17BrNOP/c1-16(17-12-14-18(21)15-13-17)22-24(23,19-8-4-2-5-9-19)20-10-6-3-7-11-20/h2-15H,1H3/b22-16+. The van der Waals surface area contributed by atoms with E-state index in [2.05, 4.69) is 15.9 Å². The van der Waals surface area contributed by atoms with Crippen LogP contribution in [0.4, 0.5) is 0 Å². The zero-order valence-corrected chi connectivity index (χ0v) is 15.7. The zero-order valence-electron chi connectivity index (χ0n) is 13.3. The zero-order chi connectivity index (χ0) is 17.0. The third-order valence-electron chi connectivity index (χ3n) is 3.77. The van der Waals surface area contributed by atoms with Crippen molar-refractivity contribution in [2.75, 3.05) is 0 Å². The summed E-state index contributed by atoms with van der Waals surface area (Å²) in [5.41, 5.74) is 1.73. The fraction of sp³-hybridized carbons (Fsp3) is 0.0500. The van der Waals surface area contributed by atoms with Crippen molar-refractivity contribution in [1.82, 2.24) is 0 Å². The van der Waals surface area contributed by atoms with Crippen molar-refractivity contribution in [2.45, 2.75) is 6.92 Å². The smallest absolute Gasteiger partial charge is 0.247 e. The second kappa shape index (κ2) is 7.29. The SMILES string of the molecule is C/C(=N\P(=O)(c1ccccc1)c1ccccc1)c1ccc(Br)cc1. The van der Waals surface area contributed by atoms with Crippen LogP contribution in [0.2, 0.25) is 0 Å². The first-order valence-electron chi connectivity index (χ1n) is 7.64. The predicted octanol–water partition coefficient (Wildman–Crippen LogP) is 5.19. The number of nitrogens with zero attached hydrogens (tertiary/aromatic N) is 1. The van der Waals surface area contributed by atoms with E-state index in [0.717, 1.165) is 26.4 Å². The Morgan fingerprint density at radius 2 is 1.25 bits per heavy atom. The maximum absolute atomic E-state index is 13.9. The Balaban J connectivity index is 2.14. The van der Waals surface area contributed by atoms with E-state index in [1.165, 1.54) is 0 Å². The highest BCUT2D eigenvalue weighted by atomic mass is 79.9. The molecule has 3 aromatic carbocycles. The summed E-state index contributed by atoms with van der Waals surface area (Å²) in [6.07, 6.45) is 0. The molecule has 0 aliphatic heterocycles. The first kappa shape index (κ1) is 16.9. The molecule has 3 aromatic rings. The van der Waals surface area contributed by atoms with Gasteiger partial charge in [0.25, 0.3) is 0 Å². The lowest BCUT2D eigenvalue weighted by atomic mass is 10.1. The second-order valence-corrected chi connectivity index (χ2v) is 8.74. The van der Waals surface area contributed by atoms with Crippen LogP contribution in [0.15, 0.2) is 94.2 Å². The first-order valence-corrected chi connectivity index (χ1v) is 10.1. The first-order chi connectivity index (χ1) is 11.6. The van der Waals surface area contributed by atoms with E-state index in [1.54, 1.807) is 0 Å². The minimum absolute atomic E-state index is 0.743. The molecular weight excluding hydrogens is 381 g/mol. The molecule has 0 amide bonds. The molecule has 0 aliphatic rings. The number of rotatable bonds is 4. The number of halogens is 1. The van der Waals surface area contributed by atoms with Gasteiger partial charge in [0, 0.05) is 20.8 Å². The molecule has 0 N–H and O–H groups in total. The molecule has 0 aromatic heterocycles. The summed E-state index contributed by atoms with van der Waals surface area (Å²) in [5, 5.41) is 1.49. The van der Waals surface area contributed by atoms with Gasteiger partial charge >= 0.3 is 0 Å². The van der Waals surface area contributed by atoms with Gasteiger partial charge in [0.1, 0.15) is 0 Å². The molecule has 4 heteroatoms. The van der Waals surface area contributed by atoms with Crippen LogP contribution < -0.4 is 10.6 Å². The minimum atomic E-state index is -3.08. The maximum Gasteiger partial charge on any atom is 0.247 e. The molecule has 0 saturated carbocycles. The van der Waals surface area contributed by atoms with Crippen LogP contribution in [0.25, 0.3) is 0 Å². The Morgan fingerprint density at radius 1 is 0.792 bits per heavy atom. The average Bonchev–Trinajstić information content (AvgIpc) is 2.63. The third kappa shape index (κ3) is 3.58. The molecule has 0 aliphatic carbocycles. The van der Waals surface area contributed by atoms with E-state index in [1.807, 2.05) is 91.9 Å². The molecule has 0 heterocycles. The van der Waals surface area contributed by atoms with E-state index in [0.29, 0.717) is 0 Å². The van der Waals surface area contributed by atoms with Gasteiger partial charge in [-0.05, 0) is 48.9 Å². The molecule has 0 saturated heterocycles. The van der Waals surface area contributed by atoms with E-state index in [9.17, 15) is 4.57 Å². The Hall–Kier alpha value is -1.96. The molecule has 0 bridgehead atoms. The molecule has 0 spiro atoms. The molecule has 0 fully saturated rings. The van der Waals surface area contributed by atoms with E-state index in [4.69, 9.17) is 4.76 Å². The Labute approximate surface area is 150 Å². The number of hydrogen-bond acceptors (Lipinski definition) is 1. The van der Waals surface area contributed by atoms with Gasteiger partial charge < -0.3 is 0 Å². The molecule has 0 radical (unpaired) electrons. The van der Waals surface area contributed by atoms with Crippen LogP contribution in [0, 0.1) is 0 Å². The van der Waals surface area contributed by atoms with Gasteiger partial charge in [-0.1, -0.05) is 64.5 Å². The molecule has 120 valence electrons. The second-order valence-electron chi connectivity index (χ2n) is 5.44. The summed E-state index contributed by atoms with van der Waals surface area (Å²) in [5.74, 6) is 0. The van der Waals surface area contributed by atoms with Gasteiger partial charge in [-0.15, -0.1) is 0 Å². The van der Waals surface area contributed by atoms with Gasteiger partial charge in [-0.3, -0.25) is 4.57 Å². The van der Waals surface area contributed by atoms with Crippen LogP contribution in [0.1, 0.15) is 12.5 Å². The quantitative estimate of drug-likeness (QED) is 0.440. The summed E-state index contributed by atoms with van der Waals surface area (Å²) in [4.78, 5) is 0. The number of benzene rings is 3. The number of hydrogen-bond donors (Lipinski definition) is 0. The highest BCUT2D eigenvalue weighted by molar-refractivity contribution is 9.10. The lowest BCUT2D eigenvalue weighted by Crippen LogP contribution is -2.15. The molecule has 24 heavy (non-hydrogen) atoms. The summed E-state index contributed by atoms with van der Waals surface area (Å²) in [6.45, 7) is 1.90. The van der Waals surface area contributed by atoms with E-state index in [-0.39, 0.29) is 0 Å². The van der Waals surface area contributed by atoms with Crippen molar-refractivity contribution in [1.29, 1.82) is 0 Å². The van der Waals surface area contributed by atoms with Crippen LogP contribution >= 0.6 is 23.2 Å². The van der Waals surface area contributed by atoms with Crippen molar-refractivity contribution >= 4 is 39.5 Å². The highest BCUT2D eigenvalue weighted by Crippen LogP contribution is 2.45. The Morgan fingerprint density at radius 3 is 1.71 bits per heavy atom. The topological polar surface area (TPSA) is 29.4 Å². The summed E-state index contributed by atoms with van der Waals surface area (Å²) in [7, 11) is -3.08. The average molecular weight is 398 g/mol. The Kier molecular flexibility index (Phi) is 5.13. The van der Waals surface area contributed by atoms with Crippen molar-refractivity contribution < 1.29 is 4.57 Å². The summed E-state index contributed by atoms with van der Waals surface area (Å²) in [6, 6.07) is 26.8. The monoisotopic (exact) mass is 397 g/mol. The van der Waals surface area contributed by atoms with Gasteiger partial charge in [0.2, 0.25) is 7.29 Å². The van der Waals surface area contributed by atoms with Gasteiger partial charge in [-0.25, -0.2) is 4.76 Å². The van der Waals surface area contributed by atoms with Crippen LogP contribution in [-0.2, 0) is 4.57 Å². The van der Waals surface area contributed by atoms with Crippen molar-refractivity contribution in [2.24, 2.45) is 4.76 Å². The van der Waals surface area contributed by atoms with E-state index < -0.39 is 7.29 Å². The molecule has 3 rings (SSSR count). The minimum Gasteiger partial charge on any atom is -0.288 e. The van der Waals surface area contributed by atoms with Crippen LogP contribution in [-0.4, -0.2) is 5.71 Å². The Bertz CT molecular complexity index is 846. The largest absolute Gasteiger partial charge is 0.288 e. The van der Waals surface area contributed by atoms with Crippen molar-refractivity contribution in [3.8, 4) is 0 Å².